The monoisotopic (exact) mass is 343 g/mol. The average molecular weight is 344 g/mol. The summed E-state index contributed by atoms with van der Waals surface area (Å²) < 4.78 is 0. The SMILES string of the molecule is C[C@@H]1CC(=O)Nc2ccccc2N1C(=O)CNc1ccc(Cl)cc1. The molecule has 0 aliphatic carbocycles. The first-order valence-corrected chi connectivity index (χ1v) is 8.13. The number of rotatable bonds is 3. The maximum Gasteiger partial charge on any atom is 0.246 e. The smallest absolute Gasteiger partial charge is 0.246 e. The van der Waals surface area contributed by atoms with E-state index in [2.05, 4.69) is 10.6 Å². The van der Waals surface area contributed by atoms with Crippen molar-refractivity contribution in [3.63, 3.8) is 0 Å². The van der Waals surface area contributed by atoms with Gasteiger partial charge < -0.3 is 15.5 Å². The van der Waals surface area contributed by atoms with Gasteiger partial charge in [-0.25, -0.2) is 0 Å². The third kappa shape index (κ3) is 3.51. The van der Waals surface area contributed by atoms with Gasteiger partial charge in [-0.3, -0.25) is 9.59 Å². The van der Waals surface area contributed by atoms with E-state index in [9.17, 15) is 9.59 Å². The number of amides is 2. The van der Waals surface area contributed by atoms with Crippen LogP contribution in [0.1, 0.15) is 13.3 Å². The molecule has 3 rings (SSSR count). The van der Waals surface area contributed by atoms with Gasteiger partial charge in [0.05, 0.1) is 17.9 Å². The summed E-state index contributed by atoms with van der Waals surface area (Å²) in [6.07, 6.45) is 0.265. The molecule has 2 amide bonds. The summed E-state index contributed by atoms with van der Waals surface area (Å²) in [5.74, 6) is -0.183. The van der Waals surface area contributed by atoms with Gasteiger partial charge in [0.1, 0.15) is 0 Å². The van der Waals surface area contributed by atoms with Crippen LogP contribution in [0.5, 0.6) is 0 Å². The normalized spacial score (nSPS) is 16.8. The summed E-state index contributed by atoms with van der Waals surface area (Å²) in [5.41, 5.74) is 2.20. The minimum atomic E-state index is -0.215. The quantitative estimate of drug-likeness (QED) is 0.896. The lowest BCUT2D eigenvalue weighted by atomic mass is 10.1. The van der Waals surface area contributed by atoms with Crippen LogP contribution in [-0.4, -0.2) is 24.4 Å². The number of benzene rings is 2. The Morgan fingerprint density at radius 2 is 1.96 bits per heavy atom. The average Bonchev–Trinajstić information content (AvgIpc) is 2.68. The van der Waals surface area contributed by atoms with E-state index in [-0.39, 0.29) is 30.8 Å². The van der Waals surface area contributed by atoms with Crippen molar-refractivity contribution in [2.75, 3.05) is 22.1 Å². The van der Waals surface area contributed by atoms with Gasteiger partial charge in [-0.1, -0.05) is 23.7 Å². The number of hydrogen-bond donors (Lipinski definition) is 2. The van der Waals surface area contributed by atoms with E-state index >= 15 is 0 Å². The largest absolute Gasteiger partial charge is 0.376 e. The van der Waals surface area contributed by atoms with Crippen LogP contribution in [0, 0.1) is 0 Å². The van der Waals surface area contributed by atoms with Crippen LogP contribution in [0.25, 0.3) is 0 Å². The van der Waals surface area contributed by atoms with Crippen LogP contribution in [0.15, 0.2) is 48.5 Å². The molecule has 0 aromatic heterocycles. The highest BCUT2D eigenvalue weighted by atomic mass is 35.5. The van der Waals surface area contributed by atoms with E-state index in [1.165, 1.54) is 0 Å². The number of nitrogens with zero attached hydrogens (tertiary/aromatic N) is 1. The number of anilines is 3. The Labute approximate surface area is 145 Å². The molecule has 2 aromatic carbocycles. The Balaban J connectivity index is 1.79. The lowest BCUT2D eigenvalue weighted by molar-refractivity contribution is -0.118. The third-order valence-corrected chi connectivity index (χ3v) is 4.17. The Morgan fingerprint density at radius 3 is 2.71 bits per heavy atom. The lowest BCUT2D eigenvalue weighted by Crippen LogP contribution is -2.42. The summed E-state index contributed by atoms with van der Waals surface area (Å²) in [5, 5.41) is 6.59. The molecule has 6 heteroatoms. The van der Waals surface area contributed by atoms with Gasteiger partial charge in [-0.2, -0.15) is 0 Å². The molecular formula is C18H18ClN3O2. The summed E-state index contributed by atoms with van der Waals surface area (Å²) in [4.78, 5) is 26.4. The molecule has 1 aliphatic heterocycles. The fraction of sp³-hybridized carbons (Fsp3) is 0.222. The van der Waals surface area contributed by atoms with Crippen molar-refractivity contribution in [2.45, 2.75) is 19.4 Å². The minimum Gasteiger partial charge on any atom is -0.376 e. The fourth-order valence-corrected chi connectivity index (χ4v) is 2.92. The summed E-state index contributed by atoms with van der Waals surface area (Å²) in [6.45, 7) is 2.01. The Bertz CT molecular complexity index is 761. The molecule has 1 atom stereocenters. The molecule has 0 unspecified atom stereocenters. The zero-order valence-electron chi connectivity index (χ0n) is 13.3. The third-order valence-electron chi connectivity index (χ3n) is 3.92. The first kappa shape index (κ1) is 16.3. The number of fused-ring (bicyclic) bond motifs is 1. The Kier molecular flexibility index (Phi) is 4.71. The van der Waals surface area contributed by atoms with Crippen LogP contribution in [0.4, 0.5) is 17.1 Å². The number of nitrogens with one attached hydrogen (secondary N) is 2. The zero-order valence-corrected chi connectivity index (χ0v) is 14.0. The van der Waals surface area contributed by atoms with Gasteiger partial charge in [0, 0.05) is 23.2 Å². The van der Waals surface area contributed by atoms with Crippen molar-refractivity contribution in [2.24, 2.45) is 0 Å². The fourth-order valence-electron chi connectivity index (χ4n) is 2.80. The van der Waals surface area contributed by atoms with Crippen molar-refractivity contribution in [3.05, 3.63) is 53.6 Å². The molecule has 24 heavy (non-hydrogen) atoms. The van der Waals surface area contributed by atoms with E-state index in [1.807, 2.05) is 37.3 Å². The van der Waals surface area contributed by atoms with Crippen molar-refractivity contribution in [1.82, 2.24) is 0 Å². The predicted octanol–water partition coefficient (Wildman–Crippen LogP) is 3.52. The molecule has 2 aromatic rings. The Morgan fingerprint density at radius 1 is 1.25 bits per heavy atom. The van der Waals surface area contributed by atoms with Crippen LogP contribution < -0.4 is 15.5 Å². The number of carbonyl (C=O) groups is 2. The van der Waals surface area contributed by atoms with Gasteiger partial charge >= 0.3 is 0 Å². The van der Waals surface area contributed by atoms with Crippen molar-refractivity contribution in [3.8, 4) is 0 Å². The van der Waals surface area contributed by atoms with Crippen molar-refractivity contribution >= 4 is 40.5 Å². The standard InChI is InChI=1S/C18H18ClN3O2/c1-12-10-17(23)21-15-4-2-3-5-16(15)22(12)18(24)11-20-14-8-6-13(19)7-9-14/h2-9,12,20H,10-11H2,1H3,(H,21,23)/t12-/m1/s1. The summed E-state index contributed by atoms with van der Waals surface area (Å²) in [7, 11) is 0. The molecular weight excluding hydrogens is 326 g/mol. The second kappa shape index (κ2) is 6.93. The first-order valence-electron chi connectivity index (χ1n) is 7.75. The van der Waals surface area contributed by atoms with E-state index in [0.29, 0.717) is 10.7 Å². The second-order valence-corrected chi connectivity index (χ2v) is 6.18. The molecule has 5 nitrogen and oxygen atoms in total. The van der Waals surface area contributed by atoms with Crippen LogP contribution in [-0.2, 0) is 9.59 Å². The molecule has 0 bridgehead atoms. The number of carbonyl (C=O) groups excluding carboxylic acids is 2. The number of para-hydroxylation sites is 2. The Hall–Kier alpha value is -2.53. The van der Waals surface area contributed by atoms with Crippen molar-refractivity contribution in [1.29, 1.82) is 0 Å². The molecule has 0 fully saturated rings. The molecule has 124 valence electrons. The maximum absolute atomic E-state index is 12.8. The molecule has 0 saturated carbocycles. The molecule has 1 aliphatic rings. The highest BCUT2D eigenvalue weighted by Crippen LogP contribution is 2.31. The first-order chi connectivity index (χ1) is 11.5. The molecule has 2 N–H and O–H groups in total. The molecule has 1 heterocycles. The van der Waals surface area contributed by atoms with Gasteiger partial charge in [0.2, 0.25) is 11.8 Å². The zero-order chi connectivity index (χ0) is 17.1. The molecule has 0 saturated heterocycles. The summed E-state index contributed by atoms with van der Waals surface area (Å²) >= 11 is 5.86. The van der Waals surface area contributed by atoms with Crippen LogP contribution in [0.2, 0.25) is 5.02 Å². The molecule has 0 radical (unpaired) electrons. The van der Waals surface area contributed by atoms with Gasteiger partial charge in [-0.05, 0) is 43.3 Å². The summed E-state index contributed by atoms with van der Waals surface area (Å²) in [6, 6.07) is 14.3. The van der Waals surface area contributed by atoms with Gasteiger partial charge in [-0.15, -0.1) is 0 Å². The van der Waals surface area contributed by atoms with E-state index in [0.717, 1.165) is 11.4 Å². The number of halogens is 1. The second-order valence-electron chi connectivity index (χ2n) is 5.74. The maximum atomic E-state index is 12.8. The van der Waals surface area contributed by atoms with E-state index in [4.69, 9.17) is 11.6 Å². The highest BCUT2D eigenvalue weighted by Gasteiger charge is 2.29. The van der Waals surface area contributed by atoms with Crippen LogP contribution >= 0.6 is 11.6 Å². The van der Waals surface area contributed by atoms with Gasteiger partial charge in [0.25, 0.3) is 0 Å². The van der Waals surface area contributed by atoms with E-state index < -0.39 is 0 Å². The number of hydrogen-bond acceptors (Lipinski definition) is 3. The van der Waals surface area contributed by atoms with Crippen LogP contribution in [0.3, 0.4) is 0 Å². The molecule has 0 spiro atoms. The topological polar surface area (TPSA) is 61.4 Å². The lowest BCUT2D eigenvalue weighted by Gasteiger charge is -2.28. The van der Waals surface area contributed by atoms with Gasteiger partial charge in [0.15, 0.2) is 0 Å². The predicted molar refractivity (Wildman–Crippen MR) is 96.6 cm³/mol. The van der Waals surface area contributed by atoms with E-state index in [1.54, 1.807) is 23.1 Å². The minimum absolute atomic E-state index is 0.0871. The van der Waals surface area contributed by atoms with Crippen molar-refractivity contribution < 1.29 is 9.59 Å². The highest BCUT2D eigenvalue weighted by molar-refractivity contribution is 6.30.